The minimum absolute atomic E-state index is 0.694. The van der Waals surface area contributed by atoms with Gasteiger partial charge in [0.2, 0.25) is 0 Å². The zero-order valence-corrected chi connectivity index (χ0v) is 11.2. The second kappa shape index (κ2) is 4.30. The number of H-pyrrole nitrogens is 1. The molecule has 1 N–H and O–H groups in total. The van der Waals surface area contributed by atoms with E-state index in [2.05, 4.69) is 9.97 Å². The van der Waals surface area contributed by atoms with E-state index in [1.807, 2.05) is 43.3 Å². The van der Waals surface area contributed by atoms with Gasteiger partial charge in [0.1, 0.15) is 5.82 Å². The maximum Gasteiger partial charge on any atom is 0.138 e. The highest BCUT2D eigenvalue weighted by Gasteiger charge is 2.07. The molecule has 0 aliphatic heterocycles. The van der Waals surface area contributed by atoms with Gasteiger partial charge >= 0.3 is 0 Å². The zero-order valence-electron chi connectivity index (χ0n) is 9.67. The van der Waals surface area contributed by atoms with Crippen LogP contribution < -0.4 is 0 Å². The lowest BCUT2D eigenvalue weighted by molar-refractivity contribution is 1.33. The first-order chi connectivity index (χ1) is 8.63. The van der Waals surface area contributed by atoms with Crippen LogP contribution in [0, 0.1) is 6.92 Å². The lowest BCUT2D eigenvalue weighted by atomic mass is 10.1. The molecule has 90 valence electrons. The SMILES string of the molecule is Cc1ccc(-c2nc3ccc(Cl)cc3[nH]2)cc1Cl. The van der Waals surface area contributed by atoms with Gasteiger partial charge in [-0.15, -0.1) is 0 Å². The van der Waals surface area contributed by atoms with E-state index < -0.39 is 0 Å². The number of aryl methyl sites for hydroxylation is 1. The number of hydrogen-bond donors (Lipinski definition) is 1. The number of nitrogens with zero attached hydrogens (tertiary/aromatic N) is 1. The first-order valence-electron chi connectivity index (χ1n) is 5.55. The first kappa shape index (κ1) is 11.6. The summed E-state index contributed by atoms with van der Waals surface area (Å²) >= 11 is 12.1. The van der Waals surface area contributed by atoms with E-state index in [0.717, 1.165) is 33.0 Å². The Morgan fingerprint density at radius 3 is 2.67 bits per heavy atom. The van der Waals surface area contributed by atoms with Crippen LogP contribution in [0.4, 0.5) is 0 Å². The topological polar surface area (TPSA) is 28.7 Å². The second-order valence-corrected chi connectivity index (χ2v) is 5.05. The van der Waals surface area contributed by atoms with E-state index in [1.54, 1.807) is 0 Å². The lowest BCUT2D eigenvalue weighted by Crippen LogP contribution is -1.82. The molecule has 2 aromatic carbocycles. The van der Waals surface area contributed by atoms with Gasteiger partial charge < -0.3 is 4.98 Å². The Morgan fingerprint density at radius 2 is 1.89 bits per heavy atom. The van der Waals surface area contributed by atoms with Gasteiger partial charge in [-0.05, 0) is 36.8 Å². The van der Waals surface area contributed by atoms with Crippen molar-refractivity contribution >= 4 is 34.2 Å². The average Bonchev–Trinajstić information content (AvgIpc) is 2.75. The second-order valence-electron chi connectivity index (χ2n) is 4.21. The van der Waals surface area contributed by atoms with Crippen LogP contribution in [0.25, 0.3) is 22.4 Å². The van der Waals surface area contributed by atoms with Crippen molar-refractivity contribution in [2.75, 3.05) is 0 Å². The zero-order chi connectivity index (χ0) is 12.7. The van der Waals surface area contributed by atoms with Gasteiger partial charge in [0, 0.05) is 15.6 Å². The van der Waals surface area contributed by atoms with Crippen molar-refractivity contribution in [2.24, 2.45) is 0 Å². The highest BCUT2D eigenvalue weighted by Crippen LogP contribution is 2.26. The molecule has 1 heterocycles. The van der Waals surface area contributed by atoms with Gasteiger partial charge in [-0.2, -0.15) is 0 Å². The first-order valence-corrected chi connectivity index (χ1v) is 6.31. The van der Waals surface area contributed by atoms with Crippen molar-refractivity contribution in [3.8, 4) is 11.4 Å². The fraction of sp³-hybridized carbons (Fsp3) is 0.0714. The summed E-state index contributed by atoms with van der Waals surface area (Å²) in [6.45, 7) is 1.98. The minimum Gasteiger partial charge on any atom is -0.338 e. The van der Waals surface area contributed by atoms with Gasteiger partial charge in [-0.3, -0.25) is 0 Å². The molecule has 18 heavy (non-hydrogen) atoms. The van der Waals surface area contributed by atoms with Crippen LogP contribution >= 0.6 is 23.2 Å². The molecule has 0 radical (unpaired) electrons. The Bertz CT molecular complexity index is 732. The highest BCUT2D eigenvalue weighted by molar-refractivity contribution is 6.31. The number of rotatable bonds is 1. The largest absolute Gasteiger partial charge is 0.338 e. The van der Waals surface area contributed by atoms with Crippen LogP contribution in [-0.2, 0) is 0 Å². The van der Waals surface area contributed by atoms with Crippen LogP contribution in [0.1, 0.15) is 5.56 Å². The minimum atomic E-state index is 0.694. The van der Waals surface area contributed by atoms with Crippen LogP contribution in [0.2, 0.25) is 10.0 Å². The summed E-state index contributed by atoms with van der Waals surface area (Å²) in [6.07, 6.45) is 0. The van der Waals surface area contributed by atoms with Crippen molar-refractivity contribution in [3.05, 3.63) is 52.0 Å². The molecule has 0 aliphatic carbocycles. The van der Waals surface area contributed by atoms with Gasteiger partial charge in [0.15, 0.2) is 0 Å². The summed E-state index contributed by atoms with van der Waals surface area (Å²) in [4.78, 5) is 7.77. The molecule has 0 unspecified atom stereocenters. The molecule has 0 saturated heterocycles. The lowest BCUT2D eigenvalue weighted by Gasteiger charge is -2.00. The van der Waals surface area contributed by atoms with Crippen LogP contribution in [-0.4, -0.2) is 9.97 Å². The molecule has 0 fully saturated rings. The van der Waals surface area contributed by atoms with Crippen molar-refractivity contribution in [1.82, 2.24) is 9.97 Å². The van der Waals surface area contributed by atoms with Crippen molar-refractivity contribution < 1.29 is 0 Å². The summed E-state index contributed by atoms with van der Waals surface area (Å²) in [5, 5.41) is 1.44. The van der Waals surface area contributed by atoms with E-state index in [0.29, 0.717) is 5.02 Å². The molecular formula is C14H10Cl2N2. The summed E-state index contributed by atoms with van der Waals surface area (Å²) in [5.74, 6) is 0.800. The van der Waals surface area contributed by atoms with Crippen LogP contribution in [0.15, 0.2) is 36.4 Å². The molecule has 0 atom stereocenters. The fourth-order valence-electron chi connectivity index (χ4n) is 1.86. The van der Waals surface area contributed by atoms with E-state index in [4.69, 9.17) is 23.2 Å². The third kappa shape index (κ3) is 1.98. The van der Waals surface area contributed by atoms with E-state index >= 15 is 0 Å². The van der Waals surface area contributed by atoms with Crippen molar-refractivity contribution in [1.29, 1.82) is 0 Å². The smallest absolute Gasteiger partial charge is 0.138 e. The Balaban J connectivity index is 2.16. The van der Waals surface area contributed by atoms with E-state index in [9.17, 15) is 0 Å². The molecule has 3 aromatic rings. The van der Waals surface area contributed by atoms with Crippen LogP contribution in [0.5, 0.6) is 0 Å². The molecule has 0 amide bonds. The molecule has 0 saturated carbocycles. The number of halogens is 2. The number of benzene rings is 2. The van der Waals surface area contributed by atoms with Gasteiger partial charge in [0.05, 0.1) is 11.0 Å². The van der Waals surface area contributed by atoms with Gasteiger partial charge in [-0.1, -0.05) is 35.3 Å². The monoisotopic (exact) mass is 276 g/mol. The summed E-state index contributed by atoms with van der Waals surface area (Å²) < 4.78 is 0. The third-order valence-electron chi connectivity index (χ3n) is 2.89. The predicted molar refractivity (Wildman–Crippen MR) is 76.3 cm³/mol. The molecule has 3 rings (SSSR count). The Labute approximate surface area is 115 Å². The number of aromatic nitrogens is 2. The molecule has 0 bridgehead atoms. The maximum atomic E-state index is 6.12. The molecule has 1 aromatic heterocycles. The maximum absolute atomic E-state index is 6.12. The Hall–Kier alpha value is -1.51. The van der Waals surface area contributed by atoms with Crippen molar-refractivity contribution in [3.63, 3.8) is 0 Å². The molecule has 2 nitrogen and oxygen atoms in total. The van der Waals surface area contributed by atoms with Crippen LogP contribution in [0.3, 0.4) is 0 Å². The Kier molecular flexibility index (Phi) is 2.77. The number of fused-ring (bicyclic) bond motifs is 1. The van der Waals surface area contributed by atoms with Crippen molar-refractivity contribution in [2.45, 2.75) is 6.92 Å². The average molecular weight is 277 g/mol. The predicted octanol–water partition coefficient (Wildman–Crippen LogP) is 4.85. The summed E-state index contributed by atoms with van der Waals surface area (Å²) in [5.41, 5.74) is 3.85. The van der Waals surface area contributed by atoms with Gasteiger partial charge in [-0.25, -0.2) is 4.98 Å². The third-order valence-corrected chi connectivity index (χ3v) is 3.53. The molecular weight excluding hydrogens is 267 g/mol. The molecule has 4 heteroatoms. The Morgan fingerprint density at radius 1 is 1.06 bits per heavy atom. The quantitative estimate of drug-likeness (QED) is 0.677. The highest BCUT2D eigenvalue weighted by atomic mass is 35.5. The van der Waals surface area contributed by atoms with E-state index in [-0.39, 0.29) is 0 Å². The number of imidazole rings is 1. The van der Waals surface area contributed by atoms with E-state index in [1.165, 1.54) is 0 Å². The number of nitrogens with one attached hydrogen (secondary N) is 1. The number of aromatic amines is 1. The standard InChI is InChI=1S/C14H10Cl2N2/c1-8-2-3-9(6-11(8)16)14-17-12-5-4-10(15)7-13(12)18-14/h2-7H,1H3,(H,17,18). The fourth-order valence-corrected chi connectivity index (χ4v) is 2.21. The summed E-state index contributed by atoms with van der Waals surface area (Å²) in [6, 6.07) is 11.5. The summed E-state index contributed by atoms with van der Waals surface area (Å²) in [7, 11) is 0. The molecule has 0 aliphatic rings. The normalized spacial score (nSPS) is 11.1. The molecule has 0 spiro atoms. The number of hydrogen-bond acceptors (Lipinski definition) is 1. The van der Waals surface area contributed by atoms with Gasteiger partial charge in [0.25, 0.3) is 0 Å².